The summed E-state index contributed by atoms with van der Waals surface area (Å²) in [4.78, 5) is 40.2. The van der Waals surface area contributed by atoms with Crippen molar-refractivity contribution in [2.24, 2.45) is 0 Å². The summed E-state index contributed by atoms with van der Waals surface area (Å²) < 4.78 is 26.6. The van der Waals surface area contributed by atoms with E-state index in [1.165, 1.54) is 19.1 Å². The number of benzene rings is 2. The first-order valence-corrected chi connectivity index (χ1v) is 13.9. The quantitative estimate of drug-likeness (QED) is 0.240. The van der Waals surface area contributed by atoms with Gasteiger partial charge in [-0.05, 0) is 67.9 Å². The molecule has 1 saturated heterocycles. The lowest BCUT2D eigenvalue weighted by Crippen LogP contribution is -2.37. The summed E-state index contributed by atoms with van der Waals surface area (Å²) in [6.45, 7) is 5.79. The maximum Gasteiger partial charge on any atom is 0.323 e. The van der Waals surface area contributed by atoms with E-state index in [4.69, 9.17) is 19.1 Å². The van der Waals surface area contributed by atoms with Gasteiger partial charge >= 0.3 is 6.03 Å². The van der Waals surface area contributed by atoms with E-state index in [0.29, 0.717) is 72.4 Å². The van der Waals surface area contributed by atoms with Crippen LogP contribution in [0.5, 0.6) is 0 Å². The van der Waals surface area contributed by atoms with E-state index < -0.39 is 11.8 Å². The fourth-order valence-corrected chi connectivity index (χ4v) is 4.89. The standard InChI is InChI=1S/C32H29FN6O4/c1-19(40)15-21-4-7-24(8-5-21)35-32(41)37-26-9-6-22(16-25(26)33)30-36-27-17-23(28-10-3-20(2)43-28)18-34-29(27)31(38-30)39-11-13-42-14-12-39/h3-10,16-18H,11-15H2,1-2H3,(H2,35,37,41). The van der Waals surface area contributed by atoms with Crippen molar-refractivity contribution in [2.45, 2.75) is 20.3 Å². The number of hydrogen-bond donors (Lipinski definition) is 2. The molecule has 5 aromatic rings. The molecule has 218 valence electrons. The van der Waals surface area contributed by atoms with E-state index in [0.717, 1.165) is 16.9 Å². The Morgan fingerprint density at radius 1 is 0.953 bits per heavy atom. The van der Waals surface area contributed by atoms with Crippen LogP contribution in [0.15, 0.2) is 71.3 Å². The maximum atomic E-state index is 15.3. The van der Waals surface area contributed by atoms with Crippen LogP contribution in [0.2, 0.25) is 0 Å². The van der Waals surface area contributed by atoms with Gasteiger partial charge in [-0.3, -0.25) is 4.79 Å². The Morgan fingerprint density at radius 3 is 2.44 bits per heavy atom. The number of furan rings is 1. The van der Waals surface area contributed by atoms with Gasteiger partial charge in [-0.25, -0.2) is 24.1 Å². The number of Topliss-reactive ketones (excluding diaryl/α,β-unsaturated/α-hetero) is 1. The van der Waals surface area contributed by atoms with E-state index >= 15 is 4.39 Å². The molecule has 3 aromatic heterocycles. The van der Waals surface area contributed by atoms with E-state index in [9.17, 15) is 9.59 Å². The van der Waals surface area contributed by atoms with Crippen LogP contribution in [0.4, 0.5) is 26.4 Å². The summed E-state index contributed by atoms with van der Waals surface area (Å²) >= 11 is 0. The molecule has 2 amide bonds. The number of carbonyl (C=O) groups excluding carboxylic acids is 2. The van der Waals surface area contributed by atoms with E-state index in [2.05, 4.69) is 20.5 Å². The predicted molar refractivity (Wildman–Crippen MR) is 162 cm³/mol. The van der Waals surface area contributed by atoms with Crippen molar-refractivity contribution in [3.63, 3.8) is 0 Å². The molecule has 11 heteroatoms. The molecule has 4 heterocycles. The number of aromatic nitrogens is 3. The first-order chi connectivity index (χ1) is 20.8. The van der Waals surface area contributed by atoms with E-state index in [1.807, 2.05) is 25.1 Å². The first kappa shape index (κ1) is 28.0. The number of anilines is 3. The second-order valence-electron chi connectivity index (χ2n) is 10.3. The minimum atomic E-state index is -0.640. The van der Waals surface area contributed by atoms with Gasteiger partial charge in [0.2, 0.25) is 0 Å². The number of hydrogen-bond acceptors (Lipinski definition) is 8. The highest BCUT2D eigenvalue weighted by molar-refractivity contribution is 6.00. The van der Waals surface area contributed by atoms with Gasteiger partial charge in [0.15, 0.2) is 11.6 Å². The molecule has 6 rings (SSSR count). The number of carbonyl (C=O) groups is 2. The van der Waals surface area contributed by atoms with Crippen molar-refractivity contribution in [3.05, 3.63) is 84.0 Å². The van der Waals surface area contributed by atoms with Crippen LogP contribution in [0, 0.1) is 12.7 Å². The van der Waals surface area contributed by atoms with Crippen molar-refractivity contribution in [3.8, 4) is 22.7 Å². The number of morpholine rings is 1. The molecule has 0 bridgehead atoms. The van der Waals surface area contributed by atoms with Gasteiger partial charge in [0, 0.05) is 42.5 Å². The Kier molecular flexibility index (Phi) is 7.80. The predicted octanol–water partition coefficient (Wildman–Crippen LogP) is 6.01. The Labute approximate surface area is 246 Å². The minimum absolute atomic E-state index is 0.000726. The Balaban J connectivity index is 1.27. The summed E-state index contributed by atoms with van der Waals surface area (Å²) in [5, 5.41) is 5.21. The number of ketones is 1. The number of fused-ring (bicyclic) bond motifs is 1. The van der Waals surface area contributed by atoms with E-state index in [1.54, 1.807) is 36.5 Å². The zero-order valence-corrected chi connectivity index (χ0v) is 23.7. The number of nitrogens with one attached hydrogen (secondary N) is 2. The molecular formula is C32H29FN6O4. The normalized spacial score (nSPS) is 13.2. The summed E-state index contributed by atoms with van der Waals surface area (Å²) in [5.74, 6) is 1.83. The molecule has 0 atom stereocenters. The van der Waals surface area contributed by atoms with Gasteiger partial charge < -0.3 is 24.7 Å². The fraction of sp³-hybridized carbons (Fsp3) is 0.219. The van der Waals surface area contributed by atoms with Gasteiger partial charge in [-0.1, -0.05) is 12.1 Å². The Morgan fingerprint density at radius 2 is 1.74 bits per heavy atom. The summed E-state index contributed by atoms with van der Waals surface area (Å²) in [6.07, 6.45) is 2.06. The third-order valence-corrected chi connectivity index (χ3v) is 6.99. The van der Waals surface area contributed by atoms with Gasteiger partial charge in [-0.15, -0.1) is 0 Å². The molecule has 0 radical (unpaired) electrons. The fourth-order valence-electron chi connectivity index (χ4n) is 4.89. The number of pyridine rings is 1. The molecule has 0 spiro atoms. The average Bonchev–Trinajstić information content (AvgIpc) is 3.44. The highest BCUT2D eigenvalue weighted by Crippen LogP contribution is 2.31. The van der Waals surface area contributed by atoms with E-state index in [-0.39, 0.29) is 11.5 Å². The molecule has 10 nitrogen and oxygen atoms in total. The van der Waals surface area contributed by atoms with Crippen LogP contribution >= 0.6 is 0 Å². The van der Waals surface area contributed by atoms with Crippen molar-refractivity contribution in [1.29, 1.82) is 0 Å². The van der Waals surface area contributed by atoms with Crippen molar-refractivity contribution < 1.29 is 23.1 Å². The second-order valence-corrected chi connectivity index (χ2v) is 10.3. The number of rotatable bonds is 7. The molecule has 1 aliphatic rings. The topological polar surface area (TPSA) is 122 Å². The van der Waals surface area contributed by atoms with Gasteiger partial charge in [0.05, 0.1) is 24.4 Å². The molecule has 0 saturated carbocycles. The smallest absolute Gasteiger partial charge is 0.323 e. The summed E-state index contributed by atoms with van der Waals surface area (Å²) in [7, 11) is 0. The van der Waals surface area contributed by atoms with Crippen LogP contribution < -0.4 is 15.5 Å². The highest BCUT2D eigenvalue weighted by atomic mass is 19.1. The Bertz CT molecular complexity index is 1820. The van der Waals surface area contributed by atoms with Crippen LogP contribution in [-0.2, 0) is 16.0 Å². The zero-order valence-electron chi connectivity index (χ0n) is 23.7. The van der Waals surface area contributed by atoms with Crippen molar-refractivity contribution in [1.82, 2.24) is 15.0 Å². The summed E-state index contributed by atoms with van der Waals surface area (Å²) in [6, 6.07) is 16.4. The van der Waals surface area contributed by atoms with Gasteiger partial charge in [-0.2, -0.15) is 0 Å². The molecule has 1 fully saturated rings. The molecule has 0 aliphatic carbocycles. The molecule has 0 unspecified atom stereocenters. The lowest BCUT2D eigenvalue weighted by atomic mass is 10.1. The molecular weight excluding hydrogens is 551 g/mol. The largest absolute Gasteiger partial charge is 0.461 e. The molecule has 43 heavy (non-hydrogen) atoms. The minimum Gasteiger partial charge on any atom is -0.461 e. The number of nitrogens with zero attached hydrogens (tertiary/aromatic N) is 4. The molecule has 2 N–H and O–H groups in total. The average molecular weight is 581 g/mol. The number of urea groups is 1. The number of aryl methyl sites for hydroxylation is 1. The molecule has 1 aliphatic heterocycles. The number of amides is 2. The number of halogens is 1. The zero-order chi connectivity index (χ0) is 29.9. The van der Waals surface area contributed by atoms with Crippen LogP contribution in [0.3, 0.4) is 0 Å². The third kappa shape index (κ3) is 6.36. The van der Waals surface area contributed by atoms with Gasteiger partial charge in [0.25, 0.3) is 0 Å². The van der Waals surface area contributed by atoms with Crippen LogP contribution in [0.1, 0.15) is 18.2 Å². The third-order valence-electron chi connectivity index (χ3n) is 6.99. The maximum absolute atomic E-state index is 15.3. The Hall–Kier alpha value is -5.16. The lowest BCUT2D eigenvalue weighted by Gasteiger charge is -2.28. The lowest BCUT2D eigenvalue weighted by molar-refractivity contribution is -0.116. The van der Waals surface area contributed by atoms with Crippen molar-refractivity contribution >= 4 is 40.0 Å². The van der Waals surface area contributed by atoms with Gasteiger partial charge in [0.1, 0.15) is 28.6 Å². The summed E-state index contributed by atoms with van der Waals surface area (Å²) in [5.41, 5.74) is 3.79. The van der Waals surface area contributed by atoms with Crippen molar-refractivity contribution in [2.75, 3.05) is 41.8 Å². The highest BCUT2D eigenvalue weighted by Gasteiger charge is 2.21. The van der Waals surface area contributed by atoms with Crippen LogP contribution in [0.25, 0.3) is 33.7 Å². The monoisotopic (exact) mass is 580 g/mol. The second kappa shape index (κ2) is 12.0. The SMILES string of the molecule is CC(=O)Cc1ccc(NC(=O)Nc2ccc(-c3nc(N4CCOCC4)c4ncc(-c5ccc(C)o5)cc4n3)cc2F)cc1. The van der Waals surface area contributed by atoms with Crippen LogP contribution in [-0.4, -0.2) is 53.1 Å². The molecule has 2 aromatic carbocycles. The number of ether oxygens (including phenoxy) is 1. The first-order valence-electron chi connectivity index (χ1n) is 13.9.